The molecule has 2 aliphatic rings. The van der Waals surface area contributed by atoms with E-state index < -0.39 is 19.2 Å². The van der Waals surface area contributed by atoms with Gasteiger partial charge in [-0.25, -0.2) is 0 Å². The molecule has 4 aromatic carbocycles. The average molecular weight is 477 g/mol. The maximum absolute atomic E-state index is 2.35. The fourth-order valence-corrected chi connectivity index (χ4v) is 7.56. The van der Waals surface area contributed by atoms with E-state index in [1.165, 1.54) is 44.5 Å². The molecule has 0 N–H and O–H groups in total. The summed E-state index contributed by atoms with van der Waals surface area (Å²) >= 11 is -0.405. The Balaban J connectivity index is 0.00000116. The summed E-state index contributed by atoms with van der Waals surface area (Å²) in [5.74, 6) is 0. The monoisotopic (exact) mass is 476 g/mol. The molecule has 0 spiro atoms. The maximum Gasteiger partial charge on any atom is -1.00 e. The zero-order valence-electron chi connectivity index (χ0n) is 17.6. The Labute approximate surface area is 205 Å². The quantitative estimate of drug-likeness (QED) is 0.295. The molecule has 0 amide bonds. The summed E-state index contributed by atoms with van der Waals surface area (Å²) in [5.41, 5.74) is 14.9. The van der Waals surface area contributed by atoms with Crippen LogP contribution in [0, 0.1) is 13.8 Å². The number of hydrogen-bond donors (Lipinski definition) is 0. The average Bonchev–Trinajstić information content (AvgIpc) is 3.30. The Morgan fingerprint density at radius 2 is 0.935 bits per heavy atom. The van der Waals surface area contributed by atoms with Crippen LogP contribution in [0.15, 0.2) is 72.8 Å². The number of benzene rings is 4. The molecule has 3 heteroatoms. The molecular weight excluding hydrogens is 455 g/mol. The van der Waals surface area contributed by atoms with E-state index in [2.05, 4.69) is 86.6 Å². The van der Waals surface area contributed by atoms with Crippen LogP contribution in [-0.4, -0.2) is 0 Å². The Morgan fingerprint density at radius 3 is 1.39 bits per heavy atom. The Kier molecular flexibility index (Phi) is 6.21. The first-order chi connectivity index (χ1) is 14.2. The van der Waals surface area contributed by atoms with Crippen LogP contribution in [0.5, 0.6) is 0 Å². The van der Waals surface area contributed by atoms with Gasteiger partial charge in [-0.3, -0.25) is 0 Å². The van der Waals surface area contributed by atoms with Crippen LogP contribution < -0.4 is 32.6 Å². The van der Waals surface area contributed by atoms with Crippen molar-refractivity contribution in [2.45, 2.75) is 26.7 Å². The van der Waals surface area contributed by atoms with Crippen molar-refractivity contribution in [2.24, 2.45) is 0 Å². The van der Waals surface area contributed by atoms with Crippen molar-refractivity contribution in [3.8, 4) is 22.3 Å². The first kappa shape index (κ1) is 22.4. The third kappa shape index (κ3) is 3.51. The van der Waals surface area contributed by atoms with Gasteiger partial charge in [-0.05, 0) is 0 Å². The molecule has 0 bridgehead atoms. The van der Waals surface area contributed by atoms with E-state index in [9.17, 15) is 0 Å². The SMILES string of the molecule is Cc1ccc2c([c]1[Ti+2][c]1c(C)ccc3c1Cc1ccccc1-3)Cc1ccccc1-2.[Cl-].[Cl-]. The van der Waals surface area contributed by atoms with Crippen LogP contribution in [0.2, 0.25) is 0 Å². The van der Waals surface area contributed by atoms with Crippen molar-refractivity contribution < 1.29 is 44.0 Å². The fraction of sp³-hybridized carbons (Fsp3) is 0.143. The predicted molar refractivity (Wildman–Crippen MR) is 118 cm³/mol. The molecule has 0 nitrogen and oxygen atoms in total. The van der Waals surface area contributed by atoms with Gasteiger partial charge in [0.2, 0.25) is 0 Å². The van der Waals surface area contributed by atoms with E-state index >= 15 is 0 Å². The summed E-state index contributed by atoms with van der Waals surface area (Å²) in [6.07, 6.45) is 2.20. The number of fused-ring (bicyclic) bond motifs is 6. The van der Waals surface area contributed by atoms with E-state index in [0.29, 0.717) is 0 Å². The third-order valence-corrected chi connectivity index (χ3v) is 9.60. The molecule has 0 aromatic heterocycles. The molecular formula is C28H22Cl2Ti. The van der Waals surface area contributed by atoms with Crippen LogP contribution in [0.25, 0.3) is 22.3 Å². The van der Waals surface area contributed by atoms with E-state index in [1.807, 2.05) is 0 Å². The van der Waals surface area contributed by atoms with Gasteiger partial charge in [0.05, 0.1) is 0 Å². The van der Waals surface area contributed by atoms with Gasteiger partial charge in [-0.15, -0.1) is 0 Å². The molecule has 31 heavy (non-hydrogen) atoms. The molecule has 0 fully saturated rings. The minimum atomic E-state index is -0.405. The minimum Gasteiger partial charge on any atom is -1.00 e. The summed E-state index contributed by atoms with van der Waals surface area (Å²) in [7, 11) is 0. The molecule has 0 saturated carbocycles. The predicted octanol–water partition coefficient (Wildman–Crippen LogP) is -0.513. The van der Waals surface area contributed by atoms with Crippen molar-refractivity contribution >= 4 is 7.74 Å². The zero-order chi connectivity index (χ0) is 19.5. The largest absolute Gasteiger partial charge is 1.00 e. The Hall–Kier alpha value is -1.83. The fourth-order valence-electron chi connectivity index (χ4n) is 5.13. The van der Waals surface area contributed by atoms with Gasteiger partial charge < -0.3 is 24.8 Å². The number of rotatable bonds is 2. The zero-order valence-corrected chi connectivity index (χ0v) is 20.7. The van der Waals surface area contributed by atoms with Gasteiger partial charge in [0.1, 0.15) is 0 Å². The van der Waals surface area contributed by atoms with Crippen molar-refractivity contribution in [1.82, 2.24) is 0 Å². The van der Waals surface area contributed by atoms with Crippen LogP contribution in [0.4, 0.5) is 0 Å². The van der Waals surface area contributed by atoms with Gasteiger partial charge in [-0.2, -0.15) is 0 Å². The standard InChI is InChI=1S/2C14H11.2ClH.Ti/c2*1-10-6-7-14-12(8-10)9-11-4-2-3-5-13(11)14;;;/h2*2-7H,9H2,1H3;2*1H;/q;;;;+2/p-2. The van der Waals surface area contributed by atoms with Gasteiger partial charge >= 0.3 is 182 Å². The van der Waals surface area contributed by atoms with Crippen LogP contribution in [-0.2, 0) is 32.0 Å². The molecule has 4 aromatic rings. The summed E-state index contributed by atoms with van der Waals surface area (Å²) in [6, 6.07) is 27.3. The molecule has 152 valence electrons. The van der Waals surface area contributed by atoms with Gasteiger partial charge in [0.25, 0.3) is 0 Å². The van der Waals surface area contributed by atoms with E-state index in [0.717, 1.165) is 12.8 Å². The smallest absolute Gasteiger partial charge is 1.00 e. The maximum atomic E-state index is 2.35. The second-order valence-electron chi connectivity index (χ2n) is 8.36. The van der Waals surface area contributed by atoms with Crippen molar-refractivity contribution in [1.29, 1.82) is 0 Å². The van der Waals surface area contributed by atoms with E-state index in [1.54, 1.807) is 18.9 Å². The molecule has 0 atom stereocenters. The number of hydrogen-bond acceptors (Lipinski definition) is 0. The summed E-state index contributed by atoms with van der Waals surface area (Å²) < 4.78 is 3.32. The van der Waals surface area contributed by atoms with Crippen LogP contribution in [0.3, 0.4) is 0 Å². The second-order valence-corrected chi connectivity index (χ2v) is 10.3. The first-order valence-electron chi connectivity index (χ1n) is 10.4. The van der Waals surface area contributed by atoms with E-state index in [4.69, 9.17) is 0 Å². The van der Waals surface area contributed by atoms with Gasteiger partial charge in [0, 0.05) is 0 Å². The molecule has 0 unspecified atom stereocenters. The van der Waals surface area contributed by atoms with Crippen molar-refractivity contribution in [2.75, 3.05) is 0 Å². The third-order valence-electron chi connectivity index (χ3n) is 6.64. The van der Waals surface area contributed by atoms with Crippen molar-refractivity contribution in [3.63, 3.8) is 0 Å². The van der Waals surface area contributed by atoms with Crippen LogP contribution >= 0.6 is 0 Å². The molecule has 0 heterocycles. The topological polar surface area (TPSA) is 0 Å². The molecule has 0 aliphatic heterocycles. The number of halogens is 2. The molecule has 2 aliphatic carbocycles. The summed E-state index contributed by atoms with van der Waals surface area (Å²) in [4.78, 5) is 0. The minimum absolute atomic E-state index is 0. The summed E-state index contributed by atoms with van der Waals surface area (Å²) in [6.45, 7) is 4.63. The van der Waals surface area contributed by atoms with Crippen LogP contribution in [0.1, 0.15) is 33.4 Å². The van der Waals surface area contributed by atoms with Gasteiger partial charge in [-0.1, -0.05) is 0 Å². The molecule has 6 rings (SSSR count). The number of aryl methyl sites for hydroxylation is 2. The second kappa shape index (κ2) is 8.60. The first-order valence-corrected chi connectivity index (χ1v) is 12.0. The van der Waals surface area contributed by atoms with E-state index in [-0.39, 0.29) is 24.8 Å². The molecule has 0 radical (unpaired) electrons. The Morgan fingerprint density at radius 1 is 0.516 bits per heavy atom. The van der Waals surface area contributed by atoms with Crippen molar-refractivity contribution in [3.05, 3.63) is 106 Å². The molecule has 0 saturated heterocycles. The summed E-state index contributed by atoms with van der Waals surface area (Å²) in [5, 5.41) is 0. The normalized spacial score (nSPS) is 11.9. The Bertz CT molecular complexity index is 1210. The van der Waals surface area contributed by atoms with Gasteiger partial charge in [0.15, 0.2) is 0 Å².